The fraction of sp³-hybridized carbons (Fsp3) is 0.750. The van der Waals surface area contributed by atoms with Crippen LogP contribution in [-0.2, 0) is 9.59 Å². The van der Waals surface area contributed by atoms with E-state index < -0.39 is 11.4 Å². The number of carbonyl (C=O) groups excluding carboxylic acids is 1. The van der Waals surface area contributed by atoms with Crippen molar-refractivity contribution >= 4 is 11.9 Å². The van der Waals surface area contributed by atoms with E-state index in [0.717, 1.165) is 0 Å². The van der Waals surface area contributed by atoms with Gasteiger partial charge in [0.25, 0.3) is 0 Å². The summed E-state index contributed by atoms with van der Waals surface area (Å²) in [5.41, 5.74) is 4.12. The Hall–Kier alpha value is -1.10. The van der Waals surface area contributed by atoms with Crippen LogP contribution in [0, 0.1) is 5.41 Å². The summed E-state index contributed by atoms with van der Waals surface area (Å²) in [5.74, 6) is -1.38. The van der Waals surface area contributed by atoms with Crippen LogP contribution < -0.4 is 11.1 Å². The zero-order valence-electron chi connectivity index (χ0n) is 7.38. The van der Waals surface area contributed by atoms with Gasteiger partial charge in [-0.2, -0.15) is 0 Å². The maximum atomic E-state index is 11.3. The monoisotopic (exact) mass is 186 g/mol. The molecule has 1 rings (SSSR count). The SMILES string of the molecule is NCCCNC(=O)C1(C(=O)O)CC1. The van der Waals surface area contributed by atoms with Crippen molar-refractivity contribution in [1.29, 1.82) is 0 Å². The summed E-state index contributed by atoms with van der Waals surface area (Å²) in [5, 5.41) is 11.3. The van der Waals surface area contributed by atoms with Crippen molar-refractivity contribution in [3.8, 4) is 0 Å². The number of carboxylic acids is 1. The summed E-state index contributed by atoms with van der Waals surface area (Å²) in [6.45, 7) is 0.963. The molecule has 0 saturated heterocycles. The lowest BCUT2D eigenvalue weighted by molar-refractivity contribution is -0.149. The van der Waals surface area contributed by atoms with E-state index in [1.807, 2.05) is 0 Å². The van der Waals surface area contributed by atoms with Crippen molar-refractivity contribution in [2.45, 2.75) is 19.3 Å². The van der Waals surface area contributed by atoms with E-state index in [1.54, 1.807) is 0 Å². The molecule has 0 aromatic heterocycles. The molecule has 0 heterocycles. The van der Waals surface area contributed by atoms with Crippen molar-refractivity contribution in [3.63, 3.8) is 0 Å². The van der Waals surface area contributed by atoms with E-state index >= 15 is 0 Å². The van der Waals surface area contributed by atoms with Crippen LogP contribution in [0.5, 0.6) is 0 Å². The van der Waals surface area contributed by atoms with Crippen molar-refractivity contribution in [2.24, 2.45) is 11.1 Å². The lowest BCUT2D eigenvalue weighted by Crippen LogP contribution is -2.37. The number of rotatable bonds is 5. The molecule has 1 fully saturated rings. The average Bonchev–Trinajstić information content (AvgIpc) is 2.84. The van der Waals surface area contributed by atoms with Gasteiger partial charge in [0.2, 0.25) is 5.91 Å². The topological polar surface area (TPSA) is 92.4 Å². The molecule has 0 spiro atoms. The summed E-state index contributed by atoms with van der Waals surface area (Å²) in [6, 6.07) is 0. The molecule has 4 N–H and O–H groups in total. The third kappa shape index (κ3) is 1.98. The molecule has 74 valence electrons. The van der Waals surface area contributed by atoms with Crippen LogP contribution >= 0.6 is 0 Å². The third-order valence-corrected chi connectivity index (χ3v) is 2.26. The van der Waals surface area contributed by atoms with Crippen LogP contribution in [-0.4, -0.2) is 30.1 Å². The summed E-state index contributed by atoms with van der Waals surface area (Å²) in [6.07, 6.45) is 1.59. The Labute approximate surface area is 76.3 Å². The Morgan fingerprint density at radius 2 is 2.08 bits per heavy atom. The second kappa shape index (κ2) is 3.74. The van der Waals surface area contributed by atoms with E-state index in [4.69, 9.17) is 10.8 Å². The van der Waals surface area contributed by atoms with Crippen LogP contribution in [0.1, 0.15) is 19.3 Å². The van der Waals surface area contributed by atoms with Crippen molar-refractivity contribution < 1.29 is 14.7 Å². The first kappa shape index (κ1) is 9.98. The minimum atomic E-state index is -1.12. The number of hydrogen-bond donors (Lipinski definition) is 3. The van der Waals surface area contributed by atoms with Crippen molar-refractivity contribution in [2.75, 3.05) is 13.1 Å². The van der Waals surface area contributed by atoms with Crippen molar-refractivity contribution in [3.05, 3.63) is 0 Å². The molecule has 0 bridgehead atoms. The van der Waals surface area contributed by atoms with E-state index in [1.165, 1.54) is 0 Å². The highest BCUT2D eigenvalue weighted by atomic mass is 16.4. The summed E-state index contributed by atoms with van der Waals surface area (Å²) >= 11 is 0. The molecule has 1 saturated carbocycles. The normalized spacial score (nSPS) is 17.9. The fourth-order valence-electron chi connectivity index (χ4n) is 1.14. The van der Waals surface area contributed by atoms with Gasteiger partial charge in [-0.25, -0.2) is 0 Å². The molecular formula is C8H14N2O3. The first-order valence-electron chi connectivity index (χ1n) is 4.35. The Balaban J connectivity index is 2.35. The number of aliphatic carboxylic acids is 1. The Kier molecular flexibility index (Phi) is 2.87. The van der Waals surface area contributed by atoms with E-state index in [2.05, 4.69) is 5.32 Å². The molecule has 0 aromatic rings. The molecule has 0 unspecified atom stereocenters. The second-order valence-corrected chi connectivity index (χ2v) is 3.29. The van der Waals surface area contributed by atoms with Crippen molar-refractivity contribution in [1.82, 2.24) is 5.32 Å². The van der Waals surface area contributed by atoms with E-state index in [9.17, 15) is 9.59 Å². The predicted octanol–water partition coefficient (Wildman–Crippen LogP) is -0.684. The molecule has 0 radical (unpaired) electrons. The lowest BCUT2D eigenvalue weighted by atomic mass is 10.1. The number of carbonyl (C=O) groups is 2. The quantitative estimate of drug-likeness (QED) is 0.391. The minimum absolute atomic E-state index is 0.367. The molecule has 0 aromatic carbocycles. The van der Waals surface area contributed by atoms with Gasteiger partial charge in [0.05, 0.1) is 0 Å². The van der Waals surface area contributed by atoms with Gasteiger partial charge in [-0.1, -0.05) is 0 Å². The van der Waals surface area contributed by atoms with Gasteiger partial charge in [-0.05, 0) is 25.8 Å². The largest absolute Gasteiger partial charge is 0.480 e. The number of nitrogens with one attached hydrogen (secondary N) is 1. The first-order valence-corrected chi connectivity index (χ1v) is 4.35. The highest BCUT2D eigenvalue weighted by molar-refractivity contribution is 6.04. The molecule has 1 aliphatic rings. The van der Waals surface area contributed by atoms with Gasteiger partial charge in [0.1, 0.15) is 5.41 Å². The smallest absolute Gasteiger partial charge is 0.319 e. The maximum Gasteiger partial charge on any atom is 0.319 e. The molecular weight excluding hydrogens is 172 g/mol. The van der Waals surface area contributed by atoms with Gasteiger partial charge >= 0.3 is 5.97 Å². The Morgan fingerprint density at radius 3 is 2.46 bits per heavy atom. The average molecular weight is 186 g/mol. The van der Waals surface area contributed by atoms with Crippen LogP contribution in [0.4, 0.5) is 0 Å². The van der Waals surface area contributed by atoms with Gasteiger partial charge in [-0.15, -0.1) is 0 Å². The molecule has 1 amide bonds. The highest BCUT2D eigenvalue weighted by Crippen LogP contribution is 2.45. The molecule has 5 nitrogen and oxygen atoms in total. The fourth-order valence-corrected chi connectivity index (χ4v) is 1.14. The van der Waals surface area contributed by atoms with Crippen LogP contribution in [0.25, 0.3) is 0 Å². The molecule has 1 aliphatic carbocycles. The van der Waals surface area contributed by atoms with Gasteiger partial charge < -0.3 is 16.2 Å². The minimum Gasteiger partial charge on any atom is -0.480 e. The van der Waals surface area contributed by atoms with Gasteiger partial charge in [0.15, 0.2) is 0 Å². The predicted molar refractivity (Wildman–Crippen MR) is 46.0 cm³/mol. The lowest BCUT2D eigenvalue weighted by Gasteiger charge is -2.09. The Morgan fingerprint density at radius 1 is 1.46 bits per heavy atom. The van der Waals surface area contributed by atoms with E-state index in [-0.39, 0.29) is 5.91 Å². The van der Waals surface area contributed by atoms with Crippen LogP contribution in [0.15, 0.2) is 0 Å². The summed E-state index contributed by atoms with van der Waals surface area (Å²) < 4.78 is 0. The standard InChI is InChI=1S/C8H14N2O3/c9-4-1-5-10-6(11)8(2-3-8)7(12)13/h1-5,9H2,(H,10,11)(H,12,13). The number of nitrogens with two attached hydrogens (primary N) is 1. The molecule has 5 heteroatoms. The number of hydrogen-bond acceptors (Lipinski definition) is 3. The summed E-state index contributed by atoms with van der Waals surface area (Å²) in [7, 11) is 0. The van der Waals surface area contributed by atoms with Crippen LogP contribution in [0.2, 0.25) is 0 Å². The number of amides is 1. The van der Waals surface area contributed by atoms with Gasteiger partial charge in [0, 0.05) is 6.54 Å². The zero-order valence-corrected chi connectivity index (χ0v) is 7.38. The number of carboxylic acid groups (broad SMARTS) is 1. The zero-order chi connectivity index (χ0) is 9.90. The summed E-state index contributed by atoms with van der Waals surface area (Å²) in [4.78, 5) is 22.0. The second-order valence-electron chi connectivity index (χ2n) is 3.29. The maximum absolute atomic E-state index is 11.3. The first-order chi connectivity index (χ1) is 6.13. The highest BCUT2D eigenvalue weighted by Gasteiger charge is 2.56. The Bertz CT molecular complexity index is 223. The van der Waals surface area contributed by atoms with Crippen LogP contribution in [0.3, 0.4) is 0 Å². The molecule has 0 aliphatic heterocycles. The van der Waals surface area contributed by atoms with E-state index in [0.29, 0.717) is 32.4 Å². The molecule has 13 heavy (non-hydrogen) atoms. The van der Waals surface area contributed by atoms with Gasteiger partial charge in [-0.3, -0.25) is 9.59 Å². The molecule has 0 atom stereocenters. The third-order valence-electron chi connectivity index (χ3n) is 2.26.